The molecule has 302 valence electrons. The Labute approximate surface area is 372 Å². The van der Waals surface area contributed by atoms with Crippen molar-refractivity contribution in [2.75, 3.05) is 4.90 Å². The standard InChI is InChI=1S/C61H42N2O/c1-41-39-45(42-19-5-2-6-20-42)33-37-54(41)62(46-34-35-47(43-21-7-3-8-22-43)53(40-46)44-23-9-4-10-24-44)58-38-36-51(61-60(58)52-28-14-18-32-59(52)64-61)50-27-13-17-31-57(50)63-55-29-15-11-25-48(55)49-26-12-16-30-56(49)63/h2-40H,1H3. The Bertz CT molecular complexity index is 3620. The van der Waals surface area contributed by atoms with E-state index in [0.717, 1.165) is 72.5 Å². The molecule has 0 saturated heterocycles. The molecule has 2 heterocycles. The second-order valence-electron chi connectivity index (χ2n) is 16.5. The van der Waals surface area contributed by atoms with Gasteiger partial charge in [-0.1, -0.05) is 176 Å². The molecule has 0 unspecified atom stereocenters. The number of fused-ring (bicyclic) bond motifs is 6. The number of aryl methyl sites for hydroxylation is 1. The van der Waals surface area contributed by atoms with Crippen molar-refractivity contribution in [2.45, 2.75) is 6.92 Å². The average molecular weight is 819 g/mol. The molecular weight excluding hydrogens is 777 g/mol. The molecule has 0 N–H and O–H groups in total. The van der Waals surface area contributed by atoms with Crippen LogP contribution >= 0.6 is 0 Å². The van der Waals surface area contributed by atoms with Gasteiger partial charge in [-0.2, -0.15) is 0 Å². The van der Waals surface area contributed by atoms with E-state index in [1.165, 1.54) is 44.1 Å². The second-order valence-corrected chi connectivity index (χ2v) is 16.5. The first-order valence-electron chi connectivity index (χ1n) is 21.9. The molecule has 0 saturated carbocycles. The van der Waals surface area contributed by atoms with Crippen LogP contribution in [0.3, 0.4) is 0 Å². The van der Waals surface area contributed by atoms with Gasteiger partial charge in [-0.25, -0.2) is 0 Å². The van der Waals surface area contributed by atoms with Crippen LogP contribution in [0.15, 0.2) is 241 Å². The van der Waals surface area contributed by atoms with Crippen molar-refractivity contribution in [1.82, 2.24) is 4.57 Å². The van der Waals surface area contributed by atoms with Crippen LogP contribution < -0.4 is 4.90 Å². The van der Waals surface area contributed by atoms with Crippen LogP contribution in [0.5, 0.6) is 0 Å². The van der Waals surface area contributed by atoms with Crippen molar-refractivity contribution < 1.29 is 4.42 Å². The summed E-state index contributed by atoms with van der Waals surface area (Å²) in [5.41, 5.74) is 18.7. The van der Waals surface area contributed by atoms with Crippen molar-refractivity contribution in [3.63, 3.8) is 0 Å². The smallest absolute Gasteiger partial charge is 0.145 e. The minimum absolute atomic E-state index is 0.847. The zero-order valence-electron chi connectivity index (χ0n) is 35.3. The zero-order valence-corrected chi connectivity index (χ0v) is 35.3. The third kappa shape index (κ3) is 6.20. The summed E-state index contributed by atoms with van der Waals surface area (Å²) in [7, 11) is 0. The fourth-order valence-corrected chi connectivity index (χ4v) is 9.81. The van der Waals surface area contributed by atoms with E-state index in [1.54, 1.807) is 0 Å². The third-order valence-corrected chi connectivity index (χ3v) is 12.7. The number of nitrogens with zero attached hydrogens (tertiary/aromatic N) is 2. The number of hydrogen-bond donors (Lipinski definition) is 0. The molecule has 0 aliphatic heterocycles. The van der Waals surface area contributed by atoms with E-state index in [2.05, 4.69) is 253 Å². The Hall–Kier alpha value is -8.40. The van der Waals surface area contributed by atoms with Gasteiger partial charge in [0.25, 0.3) is 0 Å². The summed E-state index contributed by atoms with van der Waals surface area (Å²) in [4.78, 5) is 2.44. The Morgan fingerprint density at radius 3 is 1.61 bits per heavy atom. The lowest BCUT2D eigenvalue weighted by molar-refractivity contribution is 0.670. The van der Waals surface area contributed by atoms with Crippen LogP contribution in [-0.2, 0) is 0 Å². The molecule has 0 aliphatic rings. The minimum Gasteiger partial charge on any atom is -0.455 e. The van der Waals surface area contributed by atoms with Crippen LogP contribution in [0.4, 0.5) is 17.1 Å². The third-order valence-electron chi connectivity index (χ3n) is 12.7. The second kappa shape index (κ2) is 15.5. The minimum atomic E-state index is 0.847. The Kier molecular flexibility index (Phi) is 9.05. The van der Waals surface area contributed by atoms with Gasteiger partial charge in [0.05, 0.1) is 27.8 Å². The van der Waals surface area contributed by atoms with Crippen LogP contribution in [-0.4, -0.2) is 4.57 Å². The molecular formula is C61H42N2O. The number of rotatable bonds is 8. The quantitative estimate of drug-likeness (QED) is 0.152. The first kappa shape index (κ1) is 37.4. The summed E-state index contributed by atoms with van der Waals surface area (Å²) in [5.74, 6) is 0. The predicted octanol–water partition coefficient (Wildman–Crippen LogP) is 17.1. The summed E-state index contributed by atoms with van der Waals surface area (Å²) in [6, 6.07) is 85.1. The van der Waals surface area contributed by atoms with Gasteiger partial charge in [-0.15, -0.1) is 0 Å². The van der Waals surface area contributed by atoms with Gasteiger partial charge in [-0.05, 0) is 107 Å². The molecule has 0 radical (unpaired) electrons. The molecule has 0 aliphatic carbocycles. The highest BCUT2D eigenvalue weighted by atomic mass is 16.3. The molecule has 0 atom stereocenters. The SMILES string of the molecule is Cc1cc(-c2ccccc2)ccc1N(c1ccc(-c2ccccc2)c(-c2ccccc2)c1)c1ccc(-c2ccccc2-n2c3ccccc3c3ccccc32)c2oc3ccccc3c12. The van der Waals surface area contributed by atoms with Gasteiger partial charge in [0.15, 0.2) is 0 Å². The number of para-hydroxylation sites is 4. The van der Waals surface area contributed by atoms with E-state index in [0.29, 0.717) is 0 Å². The van der Waals surface area contributed by atoms with Gasteiger partial charge in [0.1, 0.15) is 11.2 Å². The lowest BCUT2D eigenvalue weighted by Gasteiger charge is -2.29. The largest absolute Gasteiger partial charge is 0.455 e. The van der Waals surface area contributed by atoms with Crippen molar-refractivity contribution in [2.24, 2.45) is 0 Å². The van der Waals surface area contributed by atoms with E-state index in [-0.39, 0.29) is 0 Å². The fraction of sp³-hybridized carbons (Fsp3) is 0.0164. The van der Waals surface area contributed by atoms with E-state index in [1.807, 2.05) is 0 Å². The molecule has 12 rings (SSSR count). The molecule has 0 bridgehead atoms. The summed E-state index contributed by atoms with van der Waals surface area (Å²) >= 11 is 0. The Balaban J connectivity index is 1.13. The summed E-state index contributed by atoms with van der Waals surface area (Å²) < 4.78 is 9.50. The maximum absolute atomic E-state index is 7.09. The fourth-order valence-electron chi connectivity index (χ4n) is 9.81. The maximum Gasteiger partial charge on any atom is 0.145 e. The van der Waals surface area contributed by atoms with Crippen LogP contribution in [0, 0.1) is 6.92 Å². The number of furan rings is 1. The molecule has 2 aromatic heterocycles. The number of anilines is 3. The van der Waals surface area contributed by atoms with Crippen molar-refractivity contribution >= 4 is 60.8 Å². The van der Waals surface area contributed by atoms with Crippen molar-refractivity contribution in [3.8, 4) is 50.2 Å². The van der Waals surface area contributed by atoms with Crippen LogP contribution in [0.1, 0.15) is 5.56 Å². The van der Waals surface area contributed by atoms with Gasteiger partial charge in [0, 0.05) is 38.7 Å². The van der Waals surface area contributed by atoms with Crippen LogP contribution in [0.2, 0.25) is 0 Å². The zero-order chi connectivity index (χ0) is 42.6. The molecule has 12 aromatic rings. The molecule has 64 heavy (non-hydrogen) atoms. The topological polar surface area (TPSA) is 21.3 Å². The van der Waals surface area contributed by atoms with Gasteiger partial charge < -0.3 is 13.9 Å². The Morgan fingerprint density at radius 2 is 0.922 bits per heavy atom. The van der Waals surface area contributed by atoms with E-state index in [4.69, 9.17) is 4.42 Å². The molecule has 10 aromatic carbocycles. The highest BCUT2D eigenvalue weighted by Crippen LogP contribution is 2.49. The number of benzene rings is 10. The Morgan fingerprint density at radius 1 is 0.375 bits per heavy atom. The first-order chi connectivity index (χ1) is 31.7. The first-order valence-corrected chi connectivity index (χ1v) is 21.9. The van der Waals surface area contributed by atoms with E-state index in [9.17, 15) is 0 Å². The van der Waals surface area contributed by atoms with Crippen molar-refractivity contribution in [1.29, 1.82) is 0 Å². The number of aromatic nitrogens is 1. The summed E-state index contributed by atoms with van der Waals surface area (Å²) in [5, 5.41) is 4.59. The van der Waals surface area contributed by atoms with E-state index < -0.39 is 0 Å². The van der Waals surface area contributed by atoms with Crippen molar-refractivity contribution in [3.05, 3.63) is 242 Å². The van der Waals surface area contributed by atoms with E-state index >= 15 is 0 Å². The highest BCUT2D eigenvalue weighted by Gasteiger charge is 2.26. The van der Waals surface area contributed by atoms with Gasteiger partial charge >= 0.3 is 0 Å². The molecule has 0 fully saturated rings. The molecule has 3 nitrogen and oxygen atoms in total. The predicted molar refractivity (Wildman–Crippen MR) is 269 cm³/mol. The van der Waals surface area contributed by atoms with Gasteiger partial charge in [-0.3, -0.25) is 0 Å². The highest BCUT2D eigenvalue weighted by molar-refractivity contribution is 6.18. The van der Waals surface area contributed by atoms with Gasteiger partial charge in [0.2, 0.25) is 0 Å². The molecule has 0 spiro atoms. The lowest BCUT2D eigenvalue weighted by Crippen LogP contribution is -2.12. The average Bonchev–Trinajstić information content (AvgIpc) is 3.92. The van der Waals surface area contributed by atoms with Crippen LogP contribution in [0.25, 0.3) is 93.9 Å². The molecule has 3 heteroatoms. The maximum atomic E-state index is 7.09. The summed E-state index contributed by atoms with van der Waals surface area (Å²) in [6.45, 7) is 2.23. The monoisotopic (exact) mass is 818 g/mol. The number of hydrogen-bond acceptors (Lipinski definition) is 2. The molecule has 0 amide bonds. The normalized spacial score (nSPS) is 11.5. The lowest BCUT2D eigenvalue weighted by atomic mass is 9.93. The summed E-state index contributed by atoms with van der Waals surface area (Å²) in [6.07, 6.45) is 0.